The van der Waals surface area contributed by atoms with Gasteiger partial charge in [0.1, 0.15) is 0 Å². The third kappa shape index (κ3) is 6.81. The number of nitrogens with one attached hydrogen (secondary N) is 2. The molecule has 2 heterocycles. The first-order valence-electron chi connectivity index (χ1n) is 16.1. The predicted molar refractivity (Wildman–Crippen MR) is 181 cm³/mol. The highest BCUT2D eigenvalue weighted by atomic mass is 19.3. The van der Waals surface area contributed by atoms with Crippen LogP contribution in [0.2, 0.25) is 0 Å². The molecule has 0 bridgehead atoms. The van der Waals surface area contributed by atoms with Gasteiger partial charge >= 0.3 is 0 Å². The molecule has 2 aliphatic heterocycles. The lowest BCUT2D eigenvalue weighted by molar-refractivity contribution is -0.130. The van der Waals surface area contributed by atoms with E-state index >= 15 is 0 Å². The maximum Gasteiger partial charge on any atom is 0.258 e. The fraction of sp³-hybridized carbons (Fsp3) is 0.289. The Hall–Kier alpha value is -5.38. The Kier molecular flexibility index (Phi) is 9.85. The summed E-state index contributed by atoms with van der Waals surface area (Å²) in [6.45, 7) is 2.26. The van der Waals surface area contributed by atoms with Gasteiger partial charge in [0.2, 0.25) is 6.43 Å². The second-order valence-electron chi connectivity index (χ2n) is 12.2. The minimum atomic E-state index is -2.46. The summed E-state index contributed by atoms with van der Waals surface area (Å²) < 4.78 is 32.9. The van der Waals surface area contributed by atoms with Crippen LogP contribution in [-0.2, 0) is 26.2 Å². The van der Waals surface area contributed by atoms with Crippen LogP contribution in [0, 0.1) is 0 Å². The van der Waals surface area contributed by atoms with Crippen LogP contribution in [0.5, 0.6) is 0 Å². The molecular weight excluding hydrogens is 630 g/mol. The van der Waals surface area contributed by atoms with Gasteiger partial charge in [-0.05, 0) is 72.4 Å². The van der Waals surface area contributed by atoms with Gasteiger partial charge in [0.05, 0.1) is 30.0 Å². The number of carbonyl (C=O) groups excluding carboxylic acids is 4. The summed E-state index contributed by atoms with van der Waals surface area (Å²) in [7, 11) is 1.69. The number of hydrogen-bond donors (Lipinski definition) is 2. The van der Waals surface area contributed by atoms with Crippen molar-refractivity contribution < 1.29 is 32.7 Å². The van der Waals surface area contributed by atoms with Crippen molar-refractivity contribution in [2.75, 3.05) is 44.8 Å². The largest absolute Gasteiger partial charge is 0.393 e. The number of anilines is 1. The molecule has 2 aromatic rings. The Bertz CT molecular complexity index is 1880. The average Bonchev–Trinajstić information content (AvgIpc) is 3.97. The molecule has 2 fully saturated rings. The van der Waals surface area contributed by atoms with Crippen LogP contribution in [0.15, 0.2) is 95.7 Å². The predicted octanol–water partition coefficient (Wildman–Crippen LogP) is 4.63. The van der Waals surface area contributed by atoms with Crippen molar-refractivity contribution >= 4 is 35.6 Å². The van der Waals surface area contributed by atoms with Crippen LogP contribution >= 0.6 is 0 Å². The quantitative estimate of drug-likeness (QED) is 0.156. The summed E-state index contributed by atoms with van der Waals surface area (Å²) in [4.78, 5) is 54.9. The van der Waals surface area contributed by atoms with Crippen molar-refractivity contribution in [3.8, 4) is 0 Å². The second-order valence-corrected chi connectivity index (χ2v) is 12.2. The summed E-state index contributed by atoms with van der Waals surface area (Å²) in [6, 6.07) is 10.1. The Labute approximate surface area is 283 Å². The number of halogens is 2. The lowest BCUT2D eigenvalue weighted by Gasteiger charge is -2.31. The fourth-order valence-corrected chi connectivity index (χ4v) is 6.40. The molecule has 1 saturated carbocycles. The van der Waals surface area contributed by atoms with Crippen molar-refractivity contribution in [3.63, 3.8) is 0 Å². The van der Waals surface area contributed by atoms with Gasteiger partial charge in [0, 0.05) is 66.9 Å². The van der Waals surface area contributed by atoms with Gasteiger partial charge in [-0.2, -0.15) is 0 Å². The molecule has 11 heteroatoms. The number of carbonyl (C=O) groups is 4. The zero-order valence-electron chi connectivity index (χ0n) is 27.0. The molecule has 4 aliphatic rings. The fourth-order valence-electron chi connectivity index (χ4n) is 6.40. The number of amides is 2. The number of aldehydes is 2. The van der Waals surface area contributed by atoms with E-state index in [9.17, 15) is 28.0 Å². The first kappa shape index (κ1) is 33.5. The molecule has 2 amide bonds. The summed E-state index contributed by atoms with van der Waals surface area (Å²) in [6.07, 6.45) is 9.93. The first-order chi connectivity index (χ1) is 23.8. The smallest absolute Gasteiger partial charge is 0.258 e. The van der Waals surface area contributed by atoms with Gasteiger partial charge in [-0.15, -0.1) is 5.73 Å². The zero-order valence-corrected chi connectivity index (χ0v) is 27.0. The number of ether oxygens (including phenoxy) is 1. The maximum atomic E-state index is 13.8. The first-order valence-corrected chi connectivity index (χ1v) is 16.1. The van der Waals surface area contributed by atoms with Crippen molar-refractivity contribution in [2.45, 2.75) is 31.1 Å². The van der Waals surface area contributed by atoms with E-state index < -0.39 is 11.8 Å². The molecule has 2 N–H and O–H groups in total. The summed E-state index contributed by atoms with van der Waals surface area (Å²) in [5.41, 5.74) is 6.32. The van der Waals surface area contributed by atoms with Crippen LogP contribution < -0.4 is 15.5 Å². The van der Waals surface area contributed by atoms with Gasteiger partial charge in [-0.3, -0.25) is 19.2 Å². The highest BCUT2D eigenvalue weighted by Gasteiger charge is 2.52. The summed E-state index contributed by atoms with van der Waals surface area (Å²) >= 11 is 0. The molecule has 49 heavy (non-hydrogen) atoms. The van der Waals surface area contributed by atoms with Crippen LogP contribution in [0.25, 0.3) is 5.57 Å². The molecule has 2 aliphatic carbocycles. The number of benzene rings is 2. The van der Waals surface area contributed by atoms with Crippen molar-refractivity contribution in [1.82, 2.24) is 15.5 Å². The molecule has 2 aromatic carbocycles. The third-order valence-corrected chi connectivity index (χ3v) is 9.26. The second kappa shape index (κ2) is 14.4. The average molecular weight is 667 g/mol. The molecule has 0 atom stereocenters. The monoisotopic (exact) mass is 666 g/mol. The number of rotatable bonds is 11. The van der Waals surface area contributed by atoms with E-state index in [-0.39, 0.29) is 29.6 Å². The Morgan fingerprint density at radius 2 is 1.86 bits per heavy atom. The standard InChI is InChI=1S/C38H36F2N4O5/c1-41-22-27(21-30(23-45)42-29-5-2-4-25(8-10-29)35(47)43-16-18-49-19-17-43)31-6-3-7-34(33(31)24-46)44-15-12-26-20-28(9-11-32(26)36(44)48)38(13-14-38)37(39)40/h3-11,20-24,37,41-42H,12-19H2,1H3/b27-22+,30-21+. The lowest BCUT2D eigenvalue weighted by atomic mass is 9.89. The lowest BCUT2D eigenvalue weighted by Crippen LogP contribution is -2.41. The topological polar surface area (TPSA) is 108 Å². The van der Waals surface area contributed by atoms with Gasteiger partial charge in [0.25, 0.3) is 11.8 Å². The van der Waals surface area contributed by atoms with Gasteiger partial charge < -0.3 is 25.2 Å². The number of hydrogen-bond acceptors (Lipinski definition) is 7. The number of fused-ring (bicyclic) bond motifs is 1. The van der Waals surface area contributed by atoms with Crippen molar-refractivity contribution in [2.24, 2.45) is 0 Å². The minimum absolute atomic E-state index is 0.132. The highest BCUT2D eigenvalue weighted by Crippen LogP contribution is 2.53. The van der Waals surface area contributed by atoms with E-state index in [0.717, 1.165) is 5.56 Å². The molecule has 252 valence electrons. The number of allylic oxidation sites excluding steroid dienone is 6. The number of nitrogens with zero attached hydrogens (tertiary/aromatic N) is 2. The zero-order chi connectivity index (χ0) is 34.5. The van der Waals surface area contributed by atoms with E-state index in [1.54, 1.807) is 84.9 Å². The maximum absolute atomic E-state index is 13.8. The molecule has 6 rings (SSSR count). The van der Waals surface area contributed by atoms with E-state index in [0.29, 0.717) is 97.4 Å². The van der Waals surface area contributed by atoms with Crippen molar-refractivity contribution in [1.29, 1.82) is 0 Å². The van der Waals surface area contributed by atoms with Crippen molar-refractivity contribution in [3.05, 3.63) is 123 Å². The molecule has 0 spiro atoms. The number of morpholine rings is 1. The van der Waals surface area contributed by atoms with E-state index in [1.807, 2.05) is 0 Å². The van der Waals surface area contributed by atoms with Crippen LogP contribution in [0.1, 0.15) is 50.2 Å². The van der Waals surface area contributed by atoms with E-state index in [1.165, 1.54) is 4.90 Å². The molecule has 1 saturated heterocycles. The Morgan fingerprint density at radius 3 is 2.55 bits per heavy atom. The number of alkyl halides is 2. The normalized spacial score (nSPS) is 18.7. The Balaban J connectivity index is 1.25. The molecule has 0 aromatic heterocycles. The van der Waals surface area contributed by atoms with Crippen LogP contribution in [0.3, 0.4) is 0 Å². The summed E-state index contributed by atoms with van der Waals surface area (Å²) in [5.74, 6) is -0.452. The molecular formula is C38H36F2N4O5. The minimum Gasteiger partial charge on any atom is -0.393 e. The van der Waals surface area contributed by atoms with Gasteiger partial charge in [0.15, 0.2) is 12.6 Å². The highest BCUT2D eigenvalue weighted by molar-refractivity contribution is 6.11. The Morgan fingerprint density at radius 1 is 1.06 bits per heavy atom. The third-order valence-electron chi connectivity index (χ3n) is 9.26. The van der Waals surface area contributed by atoms with Crippen LogP contribution in [-0.4, -0.2) is 75.6 Å². The van der Waals surface area contributed by atoms with Crippen LogP contribution in [0.4, 0.5) is 14.5 Å². The SMILES string of the molecule is CN/C=C(\C=C(/C=O)NC1=CC=C(C(=O)N2CCOCC2)C=C=C1)c1cccc(N2CCc3cc(C4(C(F)F)CC4)ccc3C2=O)c1C=O. The van der Waals surface area contributed by atoms with E-state index in [2.05, 4.69) is 16.4 Å². The molecule has 9 nitrogen and oxygen atoms in total. The van der Waals surface area contributed by atoms with E-state index in [4.69, 9.17) is 4.74 Å². The molecule has 0 unspecified atom stereocenters. The summed E-state index contributed by atoms with van der Waals surface area (Å²) in [5, 5.41) is 6.02. The molecule has 0 radical (unpaired) electrons. The van der Waals surface area contributed by atoms with Gasteiger partial charge in [-0.25, -0.2) is 8.78 Å². The van der Waals surface area contributed by atoms with Gasteiger partial charge in [-0.1, -0.05) is 24.3 Å².